The van der Waals surface area contributed by atoms with Gasteiger partial charge in [0.25, 0.3) is 5.91 Å². The van der Waals surface area contributed by atoms with E-state index in [1.54, 1.807) is 24.3 Å². The predicted octanol–water partition coefficient (Wildman–Crippen LogP) is 4.46. The number of benzene rings is 2. The van der Waals surface area contributed by atoms with Gasteiger partial charge in [0, 0.05) is 18.3 Å². The van der Waals surface area contributed by atoms with Crippen LogP contribution in [0.25, 0.3) is 0 Å². The van der Waals surface area contributed by atoms with Crippen LogP contribution in [-0.2, 0) is 6.54 Å². The van der Waals surface area contributed by atoms with Gasteiger partial charge in [-0.25, -0.2) is 9.97 Å². The first-order chi connectivity index (χ1) is 12.1. The Morgan fingerprint density at radius 3 is 2.52 bits per heavy atom. The first-order valence-electron chi connectivity index (χ1n) is 7.48. The van der Waals surface area contributed by atoms with E-state index in [1.807, 2.05) is 30.3 Å². The fraction of sp³-hybridized carbons (Fsp3) is 0.0556. The molecule has 5 nitrogen and oxygen atoms in total. The molecule has 0 aliphatic rings. The minimum atomic E-state index is -0.275. The van der Waals surface area contributed by atoms with Gasteiger partial charge in [-0.2, -0.15) is 0 Å². The highest BCUT2D eigenvalue weighted by Crippen LogP contribution is 2.26. The number of aromatic nitrogens is 2. The van der Waals surface area contributed by atoms with E-state index in [4.69, 9.17) is 23.2 Å². The third kappa shape index (κ3) is 4.68. The quantitative estimate of drug-likeness (QED) is 0.693. The molecule has 0 fully saturated rings. The smallest absolute Gasteiger partial charge is 0.270 e. The molecule has 25 heavy (non-hydrogen) atoms. The summed E-state index contributed by atoms with van der Waals surface area (Å²) in [6, 6.07) is 16.4. The number of amides is 1. The van der Waals surface area contributed by atoms with Crippen LogP contribution in [0.15, 0.2) is 60.9 Å². The average molecular weight is 373 g/mol. The third-order valence-electron chi connectivity index (χ3n) is 3.39. The number of hydrogen-bond acceptors (Lipinski definition) is 4. The molecular formula is C18H14Cl2N4O. The maximum absolute atomic E-state index is 12.3. The van der Waals surface area contributed by atoms with Crippen LogP contribution in [0.1, 0.15) is 16.1 Å². The number of nitrogens with zero attached hydrogens (tertiary/aromatic N) is 2. The van der Waals surface area contributed by atoms with Gasteiger partial charge in [0.15, 0.2) is 0 Å². The average Bonchev–Trinajstić information content (AvgIpc) is 2.64. The van der Waals surface area contributed by atoms with Crippen LogP contribution in [0.3, 0.4) is 0 Å². The number of anilines is 2. The lowest BCUT2D eigenvalue weighted by atomic mass is 10.2. The van der Waals surface area contributed by atoms with Gasteiger partial charge in [0.2, 0.25) is 0 Å². The molecule has 0 bridgehead atoms. The number of halogens is 2. The molecule has 0 aliphatic carbocycles. The molecule has 0 atom stereocenters. The lowest BCUT2D eigenvalue weighted by molar-refractivity contribution is 0.0946. The lowest BCUT2D eigenvalue weighted by Crippen LogP contribution is -2.24. The summed E-state index contributed by atoms with van der Waals surface area (Å²) >= 11 is 11.9. The van der Waals surface area contributed by atoms with Gasteiger partial charge in [0.05, 0.1) is 10.0 Å². The standard InChI is InChI=1S/C18H14Cl2N4O/c19-14-7-6-13(8-15(14)20)24-17-9-16(22-11-23-17)18(25)21-10-12-4-2-1-3-5-12/h1-9,11H,10H2,(H,21,25)(H,22,23,24). The fourth-order valence-corrected chi connectivity index (χ4v) is 2.44. The minimum absolute atomic E-state index is 0.272. The van der Waals surface area contributed by atoms with E-state index in [9.17, 15) is 4.79 Å². The third-order valence-corrected chi connectivity index (χ3v) is 4.13. The zero-order valence-corrected chi connectivity index (χ0v) is 14.6. The first-order valence-corrected chi connectivity index (χ1v) is 8.23. The Bertz CT molecular complexity index is 887. The Balaban J connectivity index is 1.68. The molecular weight excluding hydrogens is 359 g/mol. The van der Waals surface area contributed by atoms with Gasteiger partial charge >= 0.3 is 0 Å². The summed E-state index contributed by atoms with van der Waals surface area (Å²) < 4.78 is 0. The molecule has 3 aromatic rings. The summed E-state index contributed by atoms with van der Waals surface area (Å²) in [7, 11) is 0. The number of nitrogens with one attached hydrogen (secondary N) is 2. The van der Waals surface area contributed by atoms with Crippen LogP contribution in [0, 0.1) is 0 Å². The number of carbonyl (C=O) groups is 1. The summed E-state index contributed by atoms with van der Waals surface area (Å²) in [4.78, 5) is 20.4. The van der Waals surface area contributed by atoms with Crippen LogP contribution >= 0.6 is 23.2 Å². The van der Waals surface area contributed by atoms with Crippen molar-refractivity contribution < 1.29 is 4.79 Å². The second-order valence-electron chi connectivity index (χ2n) is 5.21. The molecule has 0 spiro atoms. The van der Waals surface area contributed by atoms with E-state index >= 15 is 0 Å². The Kier molecular flexibility index (Phi) is 5.48. The Labute approximate surface area is 155 Å². The molecule has 0 saturated heterocycles. The zero-order valence-electron chi connectivity index (χ0n) is 13.0. The summed E-state index contributed by atoms with van der Waals surface area (Å²) in [6.07, 6.45) is 1.33. The van der Waals surface area contributed by atoms with Crippen molar-refractivity contribution in [2.45, 2.75) is 6.54 Å². The highest BCUT2D eigenvalue weighted by atomic mass is 35.5. The van der Waals surface area contributed by atoms with E-state index in [0.29, 0.717) is 28.1 Å². The second-order valence-corrected chi connectivity index (χ2v) is 6.03. The van der Waals surface area contributed by atoms with Crippen LogP contribution in [0.4, 0.5) is 11.5 Å². The highest BCUT2D eigenvalue weighted by molar-refractivity contribution is 6.42. The summed E-state index contributed by atoms with van der Waals surface area (Å²) in [5.74, 6) is 0.210. The minimum Gasteiger partial charge on any atom is -0.347 e. The summed E-state index contributed by atoms with van der Waals surface area (Å²) in [6.45, 7) is 0.430. The topological polar surface area (TPSA) is 66.9 Å². The number of carbonyl (C=O) groups excluding carboxylic acids is 1. The maximum Gasteiger partial charge on any atom is 0.270 e. The zero-order chi connectivity index (χ0) is 17.6. The van der Waals surface area contributed by atoms with Crippen molar-refractivity contribution in [3.05, 3.63) is 82.2 Å². The highest BCUT2D eigenvalue weighted by Gasteiger charge is 2.09. The van der Waals surface area contributed by atoms with E-state index in [-0.39, 0.29) is 11.6 Å². The van der Waals surface area contributed by atoms with Crippen molar-refractivity contribution in [2.24, 2.45) is 0 Å². The van der Waals surface area contributed by atoms with Crippen LogP contribution in [0.5, 0.6) is 0 Å². The van der Waals surface area contributed by atoms with Crippen molar-refractivity contribution in [3.8, 4) is 0 Å². The van der Waals surface area contributed by atoms with E-state index in [1.165, 1.54) is 6.33 Å². The molecule has 3 rings (SSSR count). The number of rotatable bonds is 5. The Morgan fingerprint density at radius 1 is 0.960 bits per heavy atom. The molecule has 7 heteroatoms. The fourth-order valence-electron chi connectivity index (χ4n) is 2.14. The van der Waals surface area contributed by atoms with Gasteiger partial charge in [0.1, 0.15) is 17.8 Å². The molecule has 1 aromatic heterocycles. The van der Waals surface area contributed by atoms with E-state index in [0.717, 1.165) is 5.56 Å². The van der Waals surface area contributed by atoms with E-state index in [2.05, 4.69) is 20.6 Å². The van der Waals surface area contributed by atoms with Gasteiger partial charge in [-0.1, -0.05) is 53.5 Å². The van der Waals surface area contributed by atoms with Crippen LogP contribution in [-0.4, -0.2) is 15.9 Å². The van der Waals surface area contributed by atoms with Gasteiger partial charge < -0.3 is 10.6 Å². The Morgan fingerprint density at radius 2 is 1.76 bits per heavy atom. The summed E-state index contributed by atoms with van der Waals surface area (Å²) in [5.41, 5.74) is 2.00. The maximum atomic E-state index is 12.3. The van der Waals surface area contributed by atoms with Gasteiger partial charge in [-0.05, 0) is 23.8 Å². The van der Waals surface area contributed by atoms with Crippen LogP contribution in [0.2, 0.25) is 10.0 Å². The molecule has 0 aliphatic heterocycles. The van der Waals surface area contributed by atoms with Crippen molar-refractivity contribution >= 4 is 40.6 Å². The van der Waals surface area contributed by atoms with E-state index < -0.39 is 0 Å². The molecule has 126 valence electrons. The van der Waals surface area contributed by atoms with Gasteiger partial charge in [-0.15, -0.1) is 0 Å². The van der Waals surface area contributed by atoms with Crippen molar-refractivity contribution in [3.63, 3.8) is 0 Å². The SMILES string of the molecule is O=C(NCc1ccccc1)c1cc(Nc2ccc(Cl)c(Cl)c2)ncn1. The van der Waals surface area contributed by atoms with Crippen molar-refractivity contribution in [1.29, 1.82) is 0 Å². The molecule has 0 saturated carbocycles. The monoisotopic (exact) mass is 372 g/mol. The summed E-state index contributed by atoms with van der Waals surface area (Å²) in [5, 5.41) is 6.79. The Hall–Kier alpha value is -2.63. The van der Waals surface area contributed by atoms with Gasteiger partial charge in [-0.3, -0.25) is 4.79 Å². The molecule has 2 aromatic carbocycles. The van der Waals surface area contributed by atoms with Crippen LogP contribution < -0.4 is 10.6 Å². The normalized spacial score (nSPS) is 10.3. The number of hydrogen-bond donors (Lipinski definition) is 2. The van der Waals surface area contributed by atoms with Crippen molar-refractivity contribution in [1.82, 2.24) is 15.3 Å². The second kappa shape index (κ2) is 7.96. The first kappa shape index (κ1) is 17.2. The largest absolute Gasteiger partial charge is 0.347 e. The molecule has 0 radical (unpaired) electrons. The molecule has 1 heterocycles. The van der Waals surface area contributed by atoms with Crippen molar-refractivity contribution in [2.75, 3.05) is 5.32 Å². The molecule has 1 amide bonds. The molecule has 0 unspecified atom stereocenters. The lowest BCUT2D eigenvalue weighted by Gasteiger charge is -2.08. The predicted molar refractivity (Wildman–Crippen MR) is 99.4 cm³/mol. The molecule has 2 N–H and O–H groups in total.